The molecule has 204 valence electrons. The molecule has 1 unspecified atom stereocenters. The molecule has 0 saturated heterocycles. The number of amides is 2. The predicted octanol–water partition coefficient (Wildman–Crippen LogP) is -0.424. The molecule has 0 saturated carbocycles. The number of aromatic hydroxyl groups is 1. The van der Waals surface area contributed by atoms with Crippen molar-refractivity contribution >= 4 is 57.1 Å². The minimum atomic E-state index is -1.25. The fourth-order valence-corrected chi connectivity index (χ4v) is 4.48. The van der Waals surface area contributed by atoms with Crippen LogP contribution in [-0.4, -0.2) is 76.6 Å². The molecule has 38 heavy (non-hydrogen) atoms. The maximum absolute atomic E-state index is 12.8. The summed E-state index contributed by atoms with van der Waals surface area (Å²) in [5.74, 6) is -3.18. The van der Waals surface area contributed by atoms with Crippen molar-refractivity contribution in [2.24, 2.45) is 10.7 Å². The molecule has 0 aromatic heterocycles. The summed E-state index contributed by atoms with van der Waals surface area (Å²) in [6, 6.07) is 0.662. The highest BCUT2D eigenvalue weighted by Crippen LogP contribution is 2.36. The number of rotatable bonds is 8. The van der Waals surface area contributed by atoms with Gasteiger partial charge in [0.05, 0.1) is 42.2 Å². The molecule has 1 aliphatic carbocycles. The number of guanidine groups is 1. The van der Waals surface area contributed by atoms with Gasteiger partial charge < -0.3 is 42.3 Å². The molecule has 0 fully saturated rings. The molecule has 9 N–H and O–H groups in total. The molecule has 1 heterocycles. The summed E-state index contributed by atoms with van der Waals surface area (Å²) < 4.78 is 0.211. The van der Waals surface area contributed by atoms with Crippen molar-refractivity contribution in [2.75, 3.05) is 19.6 Å². The van der Waals surface area contributed by atoms with Crippen LogP contribution in [0, 0.1) is 0 Å². The number of phenols is 1. The number of nitrogens with one attached hydrogen (secondary N) is 4. The van der Waals surface area contributed by atoms with Crippen molar-refractivity contribution in [2.45, 2.75) is 31.0 Å². The summed E-state index contributed by atoms with van der Waals surface area (Å²) in [7, 11) is 0. The van der Waals surface area contributed by atoms with E-state index >= 15 is 0 Å². The van der Waals surface area contributed by atoms with E-state index in [1.807, 2.05) is 0 Å². The van der Waals surface area contributed by atoms with E-state index in [4.69, 9.17) is 17.3 Å². The van der Waals surface area contributed by atoms with E-state index in [9.17, 15) is 34.5 Å². The average Bonchev–Trinajstić information content (AvgIpc) is 2.98. The van der Waals surface area contributed by atoms with Crippen molar-refractivity contribution in [3.8, 4) is 5.75 Å². The number of aliphatic imine (C=N–C) groups is 1. The van der Waals surface area contributed by atoms with Crippen molar-refractivity contribution < 1.29 is 34.5 Å². The summed E-state index contributed by atoms with van der Waals surface area (Å²) in [4.78, 5) is 53.2. The number of benzene rings is 1. The van der Waals surface area contributed by atoms with Crippen LogP contribution in [0.15, 0.2) is 45.0 Å². The summed E-state index contributed by atoms with van der Waals surface area (Å²) in [5, 5.41) is 40.0. The predicted molar refractivity (Wildman–Crippen MR) is 140 cm³/mol. The molecule has 0 radical (unpaired) electrons. The third-order valence-electron chi connectivity index (χ3n) is 5.50. The number of phenolic OH excluding ortho intramolecular Hbond substituents is 1. The number of halogens is 2. The Labute approximate surface area is 230 Å². The molecule has 3 atom stereocenters. The largest absolute Gasteiger partial charge is 0.506 e. The smallest absolute Gasteiger partial charge is 0.305 e. The van der Waals surface area contributed by atoms with Gasteiger partial charge in [0.1, 0.15) is 5.75 Å². The van der Waals surface area contributed by atoms with Gasteiger partial charge in [0.2, 0.25) is 5.91 Å². The standard InChI is InChI=1S/C23H26BrClN6O7/c24-15-4-11(25)3-14(21(15)37)17(6-20(35)36)31-19(34)9-27-22(38)10-1-12(5-16(26)18(33)2-10)30-23-28-7-13(32)8-29-23/h1-4,13,16-17,32,37H,5-9,26H2,(H,27,38)(H,31,34)(H,35,36)(H2,28,29,30)/t16-,17-/m0/s1. The van der Waals surface area contributed by atoms with Gasteiger partial charge in [-0.2, -0.15) is 0 Å². The Balaban J connectivity index is 1.69. The SMILES string of the molecule is N[C@H]1CC(NC2=NCC(O)CN2)=CC(C(=O)NCC(=O)N[C@@H](CC(=O)O)c2cc(Cl)cc(Br)c2O)=CC1=O. The molecule has 0 spiro atoms. The summed E-state index contributed by atoms with van der Waals surface area (Å²) in [6.07, 6.45) is 1.37. The van der Waals surface area contributed by atoms with E-state index in [2.05, 4.69) is 42.2 Å². The monoisotopic (exact) mass is 612 g/mol. The van der Waals surface area contributed by atoms with Crippen molar-refractivity contribution in [3.63, 3.8) is 0 Å². The molecule has 2 amide bonds. The number of aliphatic hydroxyl groups excluding tert-OH is 1. The Morgan fingerprint density at radius 3 is 2.68 bits per heavy atom. The van der Waals surface area contributed by atoms with E-state index in [1.54, 1.807) is 0 Å². The lowest BCUT2D eigenvalue weighted by Gasteiger charge is -2.21. The number of hydrogen-bond donors (Lipinski definition) is 8. The maximum atomic E-state index is 12.8. The number of nitrogens with two attached hydrogens (primary N) is 1. The maximum Gasteiger partial charge on any atom is 0.305 e. The molecule has 13 nitrogen and oxygen atoms in total. The van der Waals surface area contributed by atoms with Crippen LogP contribution in [0.1, 0.15) is 24.4 Å². The number of aliphatic hydroxyl groups is 1. The number of β-amino-alcohol motifs (C(OH)–C–C–N with tert-alkyl or cyclic N) is 1. The lowest BCUT2D eigenvalue weighted by molar-refractivity contribution is -0.138. The fourth-order valence-electron chi connectivity index (χ4n) is 3.64. The Kier molecular flexibility index (Phi) is 9.85. The fraction of sp³-hybridized carbons (Fsp3) is 0.348. The van der Waals surface area contributed by atoms with Crippen LogP contribution in [0.3, 0.4) is 0 Å². The van der Waals surface area contributed by atoms with Crippen LogP contribution in [0.25, 0.3) is 0 Å². The first kappa shape index (κ1) is 29.1. The minimum Gasteiger partial charge on any atom is -0.506 e. The average molecular weight is 614 g/mol. The van der Waals surface area contributed by atoms with Gasteiger partial charge in [-0.25, -0.2) is 0 Å². The topological polar surface area (TPSA) is 215 Å². The number of carboxylic acids is 1. The molecule has 3 rings (SSSR count). The first-order valence-corrected chi connectivity index (χ1v) is 12.5. The summed E-state index contributed by atoms with van der Waals surface area (Å²) >= 11 is 9.13. The zero-order chi connectivity index (χ0) is 28.0. The van der Waals surface area contributed by atoms with E-state index in [-0.39, 0.29) is 45.9 Å². The van der Waals surface area contributed by atoms with E-state index in [1.165, 1.54) is 18.2 Å². The van der Waals surface area contributed by atoms with Gasteiger partial charge in [-0.3, -0.25) is 24.2 Å². The minimum absolute atomic E-state index is 0.0619. The second-order valence-corrected chi connectivity index (χ2v) is 9.85. The van der Waals surface area contributed by atoms with Crippen LogP contribution in [0.4, 0.5) is 0 Å². The zero-order valence-corrected chi connectivity index (χ0v) is 22.2. The van der Waals surface area contributed by atoms with Gasteiger partial charge in [-0.1, -0.05) is 11.6 Å². The van der Waals surface area contributed by atoms with Gasteiger partial charge in [0.15, 0.2) is 11.7 Å². The van der Waals surface area contributed by atoms with Gasteiger partial charge >= 0.3 is 5.97 Å². The molecule has 0 bridgehead atoms. The molecule has 1 aliphatic heterocycles. The van der Waals surface area contributed by atoms with Gasteiger partial charge in [-0.05, 0) is 40.2 Å². The number of carbonyl (C=O) groups is 4. The third-order valence-corrected chi connectivity index (χ3v) is 6.32. The van der Waals surface area contributed by atoms with Crippen LogP contribution in [0.2, 0.25) is 5.02 Å². The van der Waals surface area contributed by atoms with Crippen LogP contribution in [-0.2, 0) is 19.2 Å². The summed E-state index contributed by atoms with van der Waals surface area (Å²) in [5.41, 5.74) is 6.34. The van der Waals surface area contributed by atoms with Crippen molar-refractivity contribution in [1.29, 1.82) is 0 Å². The molecule has 15 heteroatoms. The normalized spacial score (nSPS) is 20.1. The second-order valence-electron chi connectivity index (χ2n) is 8.56. The number of nitrogens with zero attached hydrogens (tertiary/aromatic N) is 1. The van der Waals surface area contributed by atoms with Crippen LogP contribution < -0.4 is 27.0 Å². The molecule has 1 aromatic rings. The molecular formula is C23H26BrClN6O7. The lowest BCUT2D eigenvalue weighted by Crippen LogP contribution is -2.46. The van der Waals surface area contributed by atoms with Crippen molar-refractivity contribution in [3.05, 3.63) is 50.6 Å². The first-order chi connectivity index (χ1) is 17.9. The van der Waals surface area contributed by atoms with Gasteiger partial charge in [0, 0.05) is 34.8 Å². The Bertz CT molecular complexity index is 1230. The Morgan fingerprint density at radius 1 is 1.29 bits per heavy atom. The number of carboxylic acid groups (broad SMARTS) is 1. The number of aliphatic carboxylic acids is 1. The van der Waals surface area contributed by atoms with Crippen molar-refractivity contribution in [1.82, 2.24) is 21.3 Å². The van der Waals surface area contributed by atoms with Crippen LogP contribution >= 0.6 is 27.5 Å². The van der Waals surface area contributed by atoms with Crippen LogP contribution in [0.5, 0.6) is 5.75 Å². The molecule has 1 aromatic carbocycles. The second kappa shape index (κ2) is 12.9. The van der Waals surface area contributed by atoms with Gasteiger partial charge in [0.25, 0.3) is 5.91 Å². The van der Waals surface area contributed by atoms with Gasteiger partial charge in [-0.15, -0.1) is 0 Å². The highest BCUT2D eigenvalue weighted by atomic mass is 79.9. The van der Waals surface area contributed by atoms with E-state index in [0.29, 0.717) is 11.7 Å². The van der Waals surface area contributed by atoms with E-state index in [0.717, 1.165) is 6.08 Å². The quantitative estimate of drug-likeness (QED) is 0.189. The first-order valence-electron chi connectivity index (χ1n) is 11.3. The highest BCUT2D eigenvalue weighted by molar-refractivity contribution is 9.10. The zero-order valence-electron chi connectivity index (χ0n) is 19.8. The number of hydrogen-bond acceptors (Lipinski definition) is 10. The third kappa shape index (κ3) is 8.02. The molecular weight excluding hydrogens is 588 g/mol. The molecule has 2 aliphatic rings. The summed E-state index contributed by atoms with van der Waals surface area (Å²) in [6.45, 7) is -0.106. The Hall–Kier alpha value is -3.46. The highest BCUT2D eigenvalue weighted by Gasteiger charge is 2.25. The number of carbonyl (C=O) groups excluding carboxylic acids is 3. The number of ketones is 1. The lowest BCUT2D eigenvalue weighted by atomic mass is 10.0. The Morgan fingerprint density at radius 2 is 2.03 bits per heavy atom. The van der Waals surface area contributed by atoms with E-state index < -0.39 is 54.7 Å².